The minimum atomic E-state index is -0.859. The maximum atomic E-state index is 13.0. The van der Waals surface area contributed by atoms with Gasteiger partial charge in [-0.3, -0.25) is 9.59 Å². The van der Waals surface area contributed by atoms with Crippen molar-refractivity contribution in [2.75, 3.05) is 17.2 Å². The predicted octanol–water partition coefficient (Wildman–Crippen LogP) is 6.86. The van der Waals surface area contributed by atoms with E-state index in [0.717, 1.165) is 17.7 Å². The summed E-state index contributed by atoms with van der Waals surface area (Å²) in [7, 11) is 0. The van der Waals surface area contributed by atoms with Gasteiger partial charge in [0.15, 0.2) is 0 Å². The molecule has 3 aromatic carbocycles. The van der Waals surface area contributed by atoms with Crippen molar-refractivity contribution in [1.29, 1.82) is 0 Å². The van der Waals surface area contributed by atoms with Crippen LogP contribution in [0, 0.1) is 12.8 Å². The lowest BCUT2D eigenvalue weighted by Crippen LogP contribution is -2.15. The van der Waals surface area contributed by atoms with E-state index in [1.54, 1.807) is 12.1 Å². The van der Waals surface area contributed by atoms with Crippen LogP contribution < -0.4 is 15.4 Å². The summed E-state index contributed by atoms with van der Waals surface area (Å²) in [5.74, 6) is 0.0623. The number of benzene rings is 3. The molecule has 0 aliphatic rings. The van der Waals surface area contributed by atoms with E-state index in [-0.39, 0.29) is 25.0 Å². The molecule has 190 valence electrons. The number of nitrogens with one attached hydrogen (secondary N) is 2. The lowest BCUT2D eigenvalue weighted by atomic mass is 9.99. The van der Waals surface area contributed by atoms with Crippen molar-refractivity contribution in [2.45, 2.75) is 53.0 Å². The van der Waals surface area contributed by atoms with Crippen molar-refractivity contribution in [1.82, 2.24) is 0 Å². The number of aliphatic carboxylic acids is 1. The molecular formula is C30H36N2O4. The Morgan fingerprint density at radius 3 is 2.36 bits per heavy atom. The van der Waals surface area contributed by atoms with Crippen LogP contribution in [0.25, 0.3) is 0 Å². The zero-order valence-electron chi connectivity index (χ0n) is 21.5. The molecule has 0 saturated heterocycles. The van der Waals surface area contributed by atoms with Gasteiger partial charge >= 0.3 is 5.97 Å². The number of rotatable bonds is 12. The number of carbonyl (C=O) groups excluding carboxylic acids is 1. The van der Waals surface area contributed by atoms with Gasteiger partial charge in [-0.05, 0) is 79.6 Å². The number of para-hydroxylation sites is 2. The van der Waals surface area contributed by atoms with E-state index in [1.807, 2.05) is 37.3 Å². The molecule has 0 spiro atoms. The van der Waals surface area contributed by atoms with Crippen molar-refractivity contribution in [3.05, 3.63) is 89.0 Å². The molecule has 0 heterocycles. The number of carboxylic acid groups (broad SMARTS) is 1. The largest absolute Gasteiger partial charge is 0.491 e. The van der Waals surface area contributed by atoms with Gasteiger partial charge in [-0.15, -0.1) is 0 Å². The van der Waals surface area contributed by atoms with Crippen LogP contribution in [0.2, 0.25) is 0 Å². The fraction of sp³-hybridized carbons (Fsp3) is 0.333. The first-order valence-electron chi connectivity index (χ1n) is 12.4. The third kappa shape index (κ3) is 7.87. The Labute approximate surface area is 213 Å². The summed E-state index contributed by atoms with van der Waals surface area (Å²) in [5.41, 5.74) is 5.49. The Bertz CT molecular complexity index is 1170. The SMILES string of the molecule is Cc1cc(NC(C)c2ccc(CC(C)C)cc2)ccc1C(=O)Nc1ccccc1OCCCC(=O)O. The molecule has 6 heteroatoms. The molecule has 0 aliphatic carbocycles. The fourth-order valence-corrected chi connectivity index (χ4v) is 4.05. The summed E-state index contributed by atoms with van der Waals surface area (Å²) in [6.07, 6.45) is 1.51. The number of carbonyl (C=O) groups is 2. The summed E-state index contributed by atoms with van der Waals surface area (Å²) in [4.78, 5) is 23.7. The van der Waals surface area contributed by atoms with Gasteiger partial charge in [0.2, 0.25) is 0 Å². The van der Waals surface area contributed by atoms with Crippen LogP contribution in [-0.4, -0.2) is 23.6 Å². The van der Waals surface area contributed by atoms with E-state index >= 15 is 0 Å². The zero-order chi connectivity index (χ0) is 26.1. The minimum absolute atomic E-state index is 0.0379. The number of ether oxygens (including phenoxy) is 1. The van der Waals surface area contributed by atoms with Gasteiger partial charge in [0, 0.05) is 23.7 Å². The van der Waals surface area contributed by atoms with Gasteiger partial charge in [-0.2, -0.15) is 0 Å². The van der Waals surface area contributed by atoms with Crippen LogP contribution >= 0.6 is 0 Å². The summed E-state index contributed by atoms with van der Waals surface area (Å²) < 4.78 is 5.70. The Morgan fingerprint density at radius 2 is 1.69 bits per heavy atom. The van der Waals surface area contributed by atoms with Crippen molar-refractivity contribution in [3.8, 4) is 5.75 Å². The minimum Gasteiger partial charge on any atom is -0.491 e. The Kier molecular flexibility index (Phi) is 9.51. The normalized spacial score (nSPS) is 11.7. The van der Waals surface area contributed by atoms with E-state index in [1.165, 1.54) is 11.1 Å². The topological polar surface area (TPSA) is 87.7 Å². The van der Waals surface area contributed by atoms with Crippen molar-refractivity contribution in [3.63, 3.8) is 0 Å². The molecule has 3 aromatic rings. The van der Waals surface area contributed by atoms with Gasteiger partial charge in [0.25, 0.3) is 5.91 Å². The van der Waals surface area contributed by atoms with Crippen LogP contribution in [0.4, 0.5) is 11.4 Å². The maximum absolute atomic E-state index is 13.0. The fourth-order valence-electron chi connectivity index (χ4n) is 4.05. The van der Waals surface area contributed by atoms with E-state index < -0.39 is 5.97 Å². The highest BCUT2D eigenvalue weighted by atomic mass is 16.5. The molecule has 1 amide bonds. The number of amides is 1. The summed E-state index contributed by atoms with van der Waals surface area (Å²) in [6, 6.07) is 21.7. The van der Waals surface area contributed by atoms with Gasteiger partial charge in [-0.25, -0.2) is 0 Å². The molecule has 3 N–H and O–H groups in total. The van der Waals surface area contributed by atoms with Crippen molar-refractivity contribution in [2.24, 2.45) is 5.92 Å². The van der Waals surface area contributed by atoms with Crippen LogP contribution in [0.3, 0.4) is 0 Å². The average molecular weight is 489 g/mol. The van der Waals surface area contributed by atoms with E-state index in [9.17, 15) is 9.59 Å². The quantitative estimate of drug-likeness (QED) is 0.242. The second kappa shape index (κ2) is 12.8. The standard InChI is InChI=1S/C30H36N2O4/c1-20(2)18-23-11-13-24(14-12-23)22(4)31-25-15-16-26(21(3)19-25)30(35)32-27-8-5-6-9-28(27)36-17-7-10-29(33)34/h5-6,8-9,11-16,19-20,22,31H,7,10,17-18H2,1-4H3,(H,32,35)(H,33,34). The molecule has 36 heavy (non-hydrogen) atoms. The average Bonchev–Trinajstić information content (AvgIpc) is 2.82. The number of aryl methyl sites for hydroxylation is 1. The molecular weight excluding hydrogens is 452 g/mol. The van der Waals surface area contributed by atoms with Gasteiger partial charge < -0.3 is 20.5 Å². The maximum Gasteiger partial charge on any atom is 0.303 e. The van der Waals surface area contributed by atoms with Crippen LogP contribution in [-0.2, 0) is 11.2 Å². The van der Waals surface area contributed by atoms with Gasteiger partial charge in [0.1, 0.15) is 5.75 Å². The van der Waals surface area contributed by atoms with E-state index in [2.05, 4.69) is 55.7 Å². The second-order valence-corrected chi connectivity index (χ2v) is 9.53. The summed E-state index contributed by atoms with van der Waals surface area (Å²) >= 11 is 0. The molecule has 1 unspecified atom stereocenters. The first-order valence-corrected chi connectivity index (χ1v) is 12.4. The highest BCUT2D eigenvalue weighted by Crippen LogP contribution is 2.26. The monoisotopic (exact) mass is 488 g/mol. The highest BCUT2D eigenvalue weighted by Gasteiger charge is 2.14. The molecule has 0 aromatic heterocycles. The van der Waals surface area contributed by atoms with Crippen molar-refractivity contribution < 1.29 is 19.4 Å². The molecule has 0 radical (unpaired) electrons. The molecule has 3 rings (SSSR count). The van der Waals surface area contributed by atoms with Gasteiger partial charge in [0.05, 0.1) is 12.3 Å². The third-order valence-electron chi connectivity index (χ3n) is 5.91. The number of anilines is 2. The molecule has 1 atom stereocenters. The number of hydrogen-bond acceptors (Lipinski definition) is 4. The lowest BCUT2D eigenvalue weighted by molar-refractivity contribution is -0.137. The Hall–Kier alpha value is -3.80. The molecule has 0 fully saturated rings. The molecule has 0 bridgehead atoms. The van der Waals surface area contributed by atoms with Crippen LogP contribution in [0.15, 0.2) is 66.7 Å². The lowest BCUT2D eigenvalue weighted by Gasteiger charge is -2.18. The van der Waals surface area contributed by atoms with Crippen LogP contribution in [0.5, 0.6) is 5.75 Å². The Morgan fingerprint density at radius 1 is 0.972 bits per heavy atom. The highest BCUT2D eigenvalue weighted by molar-refractivity contribution is 6.06. The summed E-state index contributed by atoms with van der Waals surface area (Å²) in [5, 5.41) is 15.2. The second-order valence-electron chi connectivity index (χ2n) is 9.53. The first-order chi connectivity index (χ1) is 17.2. The third-order valence-corrected chi connectivity index (χ3v) is 5.91. The smallest absolute Gasteiger partial charge is 0.303 e. The van der Waals surface area contributed by atoms with Crippen molar-refractivity contribution >= 4 is 23.3 Å². The van der Waals surface area contributed by atoms with Crippen LogP contribution in [0.1, 0.15) is 66.7 Å². The molecule has 0 saturated carbocycles. The van der Waals surface area contributed by atoms with Gasteiger partial charge in [-0.1, -0.05) is 50.2 Å². The molecule has 0 aliphatic heterocycles. The first kappa shape index (κ1) is 26.8. The van der Waals surface area contributed by atoms with E-state index in [4.69, 9.17) is 9.84 Å². The predicted molar refractivity (Wildman–Crippen MR) is 145 cm³/mol. The van der Waals surface area contributed by atoms with E-state index in [0.29, 0.717) is 29.3 Å². The number of hydrogen-bond donors (Lipinski definition) is 3. The molecule has 6 nitrogen and oxygen atoms in total. The summed E-state index contributed by atoms with van der Waals surface area (Å²) in [6.45, 7) is 8.75. The number of carboxylic acids is 1. The Balaban J connectivity index is 1.62. The zero-order valence-corrected chi connectivity index (χ0v) is 21.5.